The Bertz CT molecular complexity index is 705. The molecular weight excluding hydrogens is 351 g/mol. The van der Waals surface area contributed by atoms with E-state index in [0.29, 0.717) is 34.4 Å². The second-order valence-corrected chi connectivity index (χ2v) is 5.68. The lowest BCUT2D eigenvalue weighted by molar-refractivity contribution is -0.123. The summed E-state index contributed by atoms with van der Waals surface area (Å²) in [5, 5.41) is 6.36. The number of ether oxygens (including phenoxy) is 1. The summed E-state index contributed by atoms with van der Waals surface area (Å²) in [6.45, 7) is 0.457. The first-order valence-electron chi connectivity index (χ1n) is 7.24. The van der Waals surface area contributed by atoms with Crippen molar-refractivity contribution >= 4 is 35.0 Å². The molecule has 0 aliphatic carbocycles. The highest BCUT2D eigenvalue weighted by molar-refractivity contribution is 6.32. The minimum absolute atomic E-state index is 0.144. The molecular formula is C17H16Cl2N2O3. The third kappa shape index (κ3) is 5.76. The number of nitrogens with one attached hydrogen (secondary N) is 2. The van der Waals surface area contributed by atoms with Gasteiger partial charge in [0.2, 0.25) is 0 Å². The second-order valence-electron chi connectivity index (χ2n) is 4.83. The van der Waals surface area contributed by atoms with E-state index in [0.717, 1.165) is 0 Å². The summed E-state index contributed by atoms with van der Waals surface area (Å²) in [4.78, 5) is 23.5. The molecule has 0 unspecified atom stereocenters. The van der Waals surface area contributed by atoms with Gasteiger partial charge in [-0.25, -0.2) is 0 Å². The Labute approximate surface area is 149 Å². The average molecular weight is 367 g/mol. The highest BCUT2D eigenvalue weighted by Gasteiger charge is 2.06. The number of amides is 2. The molecule has 0 fully saturated rings. The summed E-state index contributed by atoms with van der Waals surface area (Å²) in [6.07, 6.45) is 0. The van der Waals surface area contributed by atoms with Crippen molar-refractivity contribution in [2.75, 3.05) is 19.7 Å². The van der Waals surface area contributed by atoms with Crippen molar-refractivity contribution in [3.63, 3.8) is 0 Å². The smallest absolute Gasteiger partial charge is 0.258 e. The number of carbonyl (C=O) groups excluding carboxylic acids is 2. The topological polar surface area (TPSA) is 67.4 Å². The van der Waals surface area contributed by atoms with E-state index in [-0.39, 0.29) is 18.4 Å². The van der Waals surface area contributed by atoms with Crippen LogP contribution < -0.4 is 15.4 Å². The van der Waals surface area contributed by atoms with E-state index in [1.807, 2.05) is 0 Å². The van der Waals surface area contributed by atoms with Gasteiger partial charge in [-0.15, -0.1) is 0 Å². The molecule has 5 nitrogen and oxygen atoms in total. The van der Waals surface area contributed by atoms with Crippen LogP contribution in [0.3, 0.4) is 0 Å². The molecule has 2 aromatic rings. The molecule has 0 aromatic heterocycles. The van der Waals surface area contributed by atoms with Gasteiger partial charge >= 0.3 is 0 Å². The van der Waals surface area contributed by atoms with Crippen molar-refractivity contribution < 1.29 is 14.3 Å². The first-order chi connectivity index (χ1) is 11.6. The Morgan fingerprint density at radius 2 is 1.58 bits per heavy atom. The number of benzene rings is 2. The number of hydrogen-bond donors (Lipinski definition) is 2. The molecule has 2 amide bonds. The monoisotopic (exact) mass is 366 g/mol. The van der Waals surface area contributed by atoms with E-state index in [1.165, 1.54) is 0 Å². The van der Waals surface area contributed by atoms with E-state index in [9.17, 15) is 9.59 Å². The second kappa shape index (κ2) is 9.15. The Kier molecular flexibility index (Phi) is 6.90. The molecule has 0 radical (unpaired) electrons. The first-order valence-corrected chi connectivity index (χ1v) is 7.99. The third-order valence-corrected chi connectivity index (χ3v) is 3.60. The summed E-state index contributed by atoms with van der Waals surface area (Å²) in [5.74, 6) is -0.0748. The highest BCUT2D eigenvalue weighted by atomic mass is 35.5. The molecule has 0 atom stereocenters. The summed E-state index contributed by atoms with van der Waals surface area (Å²) >= 11 is 11.7. The molecule has 0 saturated carbocycles. The summed E-state index contributed by atoms with van der Waals surface area (Å²) in [5.41, 5.74) is 0.507. The van der Waals surface area contributed by atoms with Gasteiger partial charge < -0.3 is 15.4 Å². The van der Waals surface area contributed by atoms with Crippen molar-refractivity contribution in [1.29, 1.82) is 0 Å². The van der Waals surface area contributed by atoms with Gasteiger partial charge in [0, 0.05) is 23.7 Å². The van der Waals surface area contributed by atoms with E-state index >= 15 is 0 Å². The Balaban J connectivity index is 1.65. The highest BCUT2D eigenvalue weighted by Crippen LogP contribution is 2.22. The van der Waals surface area contributed by atoms with Gasteiger partial charge in [0.05, 0.1) is 5.02 Å². The molecule has 7 heteroatoms. The van der Waals surface area contributed by atoms with Crippen molar-refractivity contribution in [2.45, 2.75) is 0 Å². The molecule has 2 rings (SSSR count). The molecule has 0 heterocycles. The minimum Gasteiger partial charge on any atom is -0.482 e. The summed E-state index contributed by atoms with van der Waals surface area (Å²) in [7, 11) is 0. The zero-order chi connectivity index (χ0) is 17.4. The van der Waals surface area contributed by atoms with Gasteiger partial charge in [0.25, 0.3) is 11.8 Å². The van der Waals surface area contributed by atoms with Crippen LogP contribution in [0.15, 0.2) is 48.5 Å². The van der Waals surface area contributed by atoms with Gasteiger partial charge in [-0.3, -0.25) is 9.59 Å². The molecule has 126 valence electrons. The van der Waals surface area contributed by atoms with Gasteiger partial charge in [0.15, 0.2) is 6.61 Å². The fraction of sp³-hybridized carbons (Fsp3) is 0.176. The molecule has 0 spiro atoms. The van der Waals surface area contributed by atoms with E-state index in [4.69, 9.17) is 27.9 Å². The number of para-hydroxylation sites is 1. The number of halogens is 2. The largest absolute Gasteiger partial charge is 0.482 e. The normalized spacial score (nSPS) is 10.1. The molecule has 0 saturated heterocycles. The SMILES string of the molecule is O=C(COc1ccccc1Cl)NCCNC(=O)c1ccc(Cl)cc1. The van der Waals surface area contributed by atoms with E-state index < -0.39 is 0 Å². The molecule has 0 aliphatic rings. The van der Waals surface area contributed by atoms with Gasteiger partial charge in [-0.05, 0) is 36.4 Å². The van der Waals surface area contributed by atoms with Crippen LogP contribution in [0.4, 0.5) is 0 Å². The zero-order valence-corrected chi connectivity index (χ0v) is 14.2. The van der Waals surface area contributed by atoms with Crippen molar-refractivity contribution in [3.8, 4) is 5.75 Å². The van der Waals surface area contributed by atoms with Crippen LogP contribution in [0.25, 0.3) is 0 Å². The predicted molar refractivity (Wildman–Crippen MR) is 93.7 cm³/mol. The van der Waals surface area contributed by atoms with Crippen LogP contribution in [-0.4, -0.2) is 31.5 Å². The van der Waals surface area contributed by atoms with Crippen molar-refractivity contribution in [3.05, 3.63) is 64.1 Å². The molecule has 24 heavy (non-hydrogen) atoms. The van der Waals surface area contributed by atoms with Crippen molar-refractivity contribution in [1.82, 2.24) is 10.6 Å². The number of hydrogen-bond acceptors (Lipinski definition) is 3. The van der Waals surface area contributed by atoms with Crippen LogP contribution in [0.1, 0.15) is 10.4 Å². The molecule has 2 N–H and O–H groups in total. The summed E-state index contributed by atoms with van der Waals surface area (Å²) in [6, 6.07) is 13.5. The fourth-order valence-electron chi connectivity index (χ4n) is 1.84. The van der Waals surface area contributed by atoms with Gasteiger partial charge in [-0.2, -0.15) is 0 Å². The average Bonchev–Trinajstić information content (AvgIpc) is 2.58. The van der Waals surface area contributed by atoms with Gasteiger partial charge in [0.1, 0.15) is 5.75 Å². The lowest BCUT2D eigenvalue weighted by Crippen LogP contribution is -2.36. The van der Waals surface area contributed by atoms with Crippen LogP contribution in [-0.2, 0) is 4.79 Å². The van der Waals surface area contributed by atoms with Crippen LogP contribution in [0.2, 0.25) is 10.0 Å². The van der Waals surface area contributed by atoms with Crippen LogP contribution in [0.5, 0.6) is 5.75 Å². The first kappa shape index (κ1) is 18.1. The quantitative estimate of drug-likeness (QED) is 0.740. The van der Waals surface area contributed by atoms with Crippen LogP contribution >= 0.6 is 23.2 Å². The van der Waals surface area contributed by atoms with E-state index in [1.54, 1.807) is 48.5 Å². The maximum Gasteiger partial charge on any atom is 0.258 e. The lowest BCUT2D eigenvalue weighted by atomic mass is 10.2. The Morgan fingerprint density at radius 3 is 2.29 bits per heavy atom. The Hall–Kier alpha value is -2.24. The van der Waals surface area contributed by atoms with Gasteiger partial charge in [-0.1, -0.05) is 35.3 Å². The zero-order valence-electron chi connectivity index (χ0n) is 12.7. The van der Waals surface area contributed by atoms with Crippen LogP contribution in [0, 0.1) is 0 Å². The Morgan fingerprint density at radius 1 is 0.917 bits per heavy atom. The summed E-state index contributed by atoms with van der Waals surface area (Å²) < 4.78 is 5.31. The number of carbonyl (C=O) groups is 2. The van der Waals surface area contributed by atoms with E-state index in [2.05, 4.69) is 10.6 Å². The predicted octanol–water partition coefficient (Wildman–Crippen LogP) is 2.92. The molecule has 2 aromatic carbocycles. The molecule has 0 aliphatic heterocycles. The maximum absolute atomic E-state index is 11.8. The van der Waals surface area contributed by atoms with Crippen molar-refractivity contribution in [2.24, 2.45) is 0 Å². The lowest BCUT2D eigenvalue weighted by Gasteiger charge is -2.09. The minimum atomic E-state index is -0.296. The third-order valence-electron chi connectivity index (χ3n) is 3.03. The fourth-order valence-corrected chi connectivity index (χ4v) is 2.15. The molecule has 0 bridgehead atoms. The maximum atomic E-state index is 11.8. The standard InChI is InChI=1S/C17H16Cl2N2O3/c18-13-7-5-12(6-8-13)17(23)21-10-9-20-16(22)11-24-15-4-2-1-3-14(15)19/h1-8H,9-11H2,(H,20,22)(H,21,23). The number of rotatable bonds is 7.